The molecule has 1 saturated heterocycles. The molecule has 1 fully saturated rings. The van der Waals surface area contributed by atoms with Gasteiger partial charge in [0.1, 0.15) is 0 Å². The Bertz CT molecular complexity index is 76.6. The van der Waals surface area contributed by atoms with Gasteiger partial charge in [-0.25, -0.2) is 0 Å². The lowest BCUT2D eigenvalue weighted by molar-refractivity contribution is 0.430. The van der Waals surface area contributed by atoms with E-state index in [0.717, 1.165) is 5.88 Å². The van der Waals surface area contributed by atoms with Crippen molar-refractivity contribution in [2.45, 2.75) is 6.42 Å². The molecule has 8 heavy (non-hydrogen) atoms. The van der Waals surface area contributed by atoms with Crippen molar-refractivity contribution >= 4 is 11.8 Å². The van der Waals surface area contributed by atoms with Crippen LogP contribution >= 0.6 is 11.8 Å². The second-order valence-electron chi connectivity index (χ2n) is 1.89. The van der Waals surface area contributed by atoms with Crippen LogP contribution in [0.3, 0.4) is 0 Å². The molecule has 0 amide bonds. The first-order valence-corrected chi connectivity index (χ1v) is 4.03. The summed E-state index contributed by atoms with van der Waals surface area (Å²) in [7, 11) is 0. The van der Waals surface area contributed by atoms with Crippen molar-refractivity contribution in [3.8, 4) is 0 Å². The zero-order valence-corrected chi connectivity index (χ0v) is 5.78. The first kappa shape index (κ1) is 6.02. The molecule has 1 aliphatic rings. The van der Waals surface area contributed by atoms with Gasteiger partial charge in [-0.3, -0.25) is 0 Å². The molecule has 0 bridgehead atoms. The van der Waals surface area contributed by atoms with Crippen LogP contribution in [0, 0.1) is 0 Å². The van der Waals surface area contributed by atoms with Gasteiger partial charge in [-0.15, -0.1) is 11.8 Å². The first-order valence-electron chi connectivity index (χ1n) is 2.88. The Morgan fingerprint density at radius 2 is 2.50 bits per heavy atom. The molecule has 0 saturated carbocycles. The minimum absolute atomic E-state index is 1.14. The van der Waals surface area contributed by atoms with Gasteiger partial charge in [0.2, 0.25) is 0 Å². The first-order chi connectivity index (χ1) is 3.93. The van der Waals surface area contributed by atoms with E-state index in [1.807, 2.05) is 18.0 Å². The molecule has 46 valence electrons. The highest BCUT2D eigenvalue weighted by Crippen LogP contribution is 2.12. The molecule has 0 aromatic rings. The Kier molecular flexibility index (Phi) is 2.27. The maximum atomic E-state index is 3.70. The van der Waals surface area contributed by atoms with E-state index in [1.165, 1.54) is 18.7 Å². The van der Waals surface area contributed by atoms with Gasteiger partial charge in [-0.05, 0) is 18.4 Å². The van der Waals surface area contributed by atoms with Crippen LogP contribution < -0.4 is 0 Å². The minimum atomic E-state index is 1.14. The molecule has 1 nitrogen and oxygen atoms in total. The molecule has 0 aromatic heterocycles. The highest BCUT2D eigenvalue weighted by atomic mass is 32.2. The standard InChI is InChI=1S/C6H11NS/c1-2-7-4-3-5-8-6-7/h2H,1,3-6H2. The fraction of sp³-hybridized carbons (Fsp3) is 0.667. The Balaban J connectivity index is 2.22. The summed E-state index contributed by atoms with van der Waals surface area (Å²) in [4.78, 5) is 2.24. The highest BCUT2D eigenvalue weighted by Gasteiger charge is 2.03. The molecule has 1 aliphatic heterocycles. The number of hydrogen-bond acceptors (Lipinski definition) is 2. The van der Waals surface area contributed by atoms with Crippen LogP contribution in [0.2, 0.25) is 0 Å². The van der Waals surface area contributed by atoms with E-state index in [9.17, 15) is 0 Å². The van der Waals surface area contributed by atoms with Gasteiger partial charge in [0, 0.05) is 6.54 Å². The van der Waals surface area contributed by atoms with Gasteiger partial charge in [0.25, 0.3) is 0 Å². The molecule has 0 aliphatic carbocycles. The zero-order chi connectivity index (χ0) is 5.82. The summed E-state index contributed by atoms with van der Waals surface area (Å²) in [6, 6.07) is 0. The van der Waals surface area contributed by atoms with Crippen molar-refractivity contribution in [1.82, 2.24) is 4.90 Å². The van der Waals surface area contributed by atoms with E-state index in [1.54, 1.807) is 0 Å². The monoisotopic (exact) mass is 129 g/mol. The van der Waals surface area contributed by atoms with E-state index < -0.39 is 0 Å². The van der Waals surface area contributed by atoms with Crippen LogP contribution in [0.5, 0.6) is 0 Å². The Hall–Kier alpha value is -0.110. The Morgan fingerprint density at radius 3 is 2.88 bits per heavy atom. The SMILES string of the molecule is C=CN1CCCSC1. The van der Waals surface area contributed by atoms with Crippen molar-refractivity contribution in [1.29, 1.82) is 0 Å². The smallest absolute Gasteiger partial charge is 0.0633 e. The molecule has 0 N–H and O–H groups in total. The van der Waals surface area contributed by atoms with Gasteiger partial charge in [0.05, 0.1) is 5.88 Å². The predicted octanol–water partition coefficient (Wildman–Crippen LogP) is 1.53. The maximum absolute atomic E-state index is 3.70. The van der Waals surface area contributed by atoms with Crippen LogP contribution in [-0.2, 0) is 0 Å². The second-order valence-corrected chi connectivity index (χ2v) is 2.96. The molecule has 0 atom stereocenters. The Labute approximate surface area is 54.8 Å². The molecule has 2 heteroatoms. The van der Waals surface area contributed by atoms with Crippen molar-refractivity contribution in [3.05, 3.63) is 12.8 Å². The third-order valence-electron chi connectivity index (χ3n) is 1.25. The van der Waals surface area contributed by atoms with Gasteiger partial charge >= 0.3 is 0 Å². The van der Waals surface area contributed by atoms with Crippen molar-refractivity contribution in [2.24, 2.45) is 0 Å². The summed E-state index contributed by atoms with van der Waals surface area (Å²) in [5.74, 6) is 2.47. The van der Waals surface area contributed by atoms with Gasteiger partial charge in [-0.2, -0.15) is 0 Å². The fourth-order valence-corrected chi connectivity index (χ4v) is 1.69. The molecular formula is C6H11NS. The third kappa shape index (κ3) is 1.44. The lowest BCUT2D eigenvalue weighted by Crippen LogP contribution is -2.22. The summed E-state index contributed by atoms with van der Waals surface area (Å²) in [6.07, 6.45) is 3.24. The molecule has 1 rings (SSSR count). The van der Waals surface area contributed by atoms with Crippen LogP contribution in [0.4, 0.5) is 0 Å². The lowest BCUT2D eigenvalue weighted by Gasteiger charge is -2.23. The van der Waals surface area contributed by atoms with E-state index in [-0.39, 0.29) is 0 Å². The quantitative estimate of drug-likeness (QED) is 0.528. The fourth-order valence-electron chi connectivity index (χ4n) is 0.760. The molecular weight excluding hydrogens is 118 g/mol. The van der Waals surface area contributed by atoms with Gasteiger partial charge in [0.15, 0.2) is 0 Å². The molecule has 1 heterocycles. The molecule has 0 radical (unpaired) electrons. The highest BCUT2D eigenvalue weighted by molar-refractivity contribution is 7.99. The number of rotatable bonds is 1. The predicted molar refractivity (Wildman–Crippen MR) is 38.8 cm³/mol. The average Bonchev–Trinajstić information content (AvgIpc) is 1.90. The van der Waals surface area contributed by atoms with Gasteiger partial charge < -0.3 is 4.90 Å². The molecule has 0 aromatic carbocycles. The lowest BCUT2D eigenvalue weighted by atomic mass is 10.4. The van der Waals surface area contributed by atoms with E-state index in [0.29, 0.717) is 0 Å². The van der Waals surface area contributed by atoms with E-state index in [2.05, 4.69) is 11.5 Å². The average molecular weight is 129 g/mol. The Morgan fingerprint density at radius 1 is 1.62 bits per heavy atom. The third-order valence-corrected chi connectivity index (χ3v) is 2.34. The summed E-state index contributed by atoms with van der Waals surface area (Å²) < 4.78 is 0. The van der Waals surface area contributed by atoms with Crippen LogP contribution in [0.25, 0.3) is 0 Å². The number of thioether (sulfide) groups is 1. The normalized spacial score (nSPS) is 20.8. The van der Waals surface area contributed by atoms with Crippen molar-refractivity contribution < 1.29 is 0 Å². The second kappa shape index (κ2) is 3.02. The molecule has 0 spiro atoms. The van der Waals surface area contributed by atoms with Crippen LogP contribution in [0.15, 0.2) is 12.8 Å². The zero-order valence-electron chi connectivity index (χ0n) is 4.97. The number of nitrogens with zero attached hydrogens (tertiary/aromatic N) is 1. The topological polar surface area (TPSA) is 3.24 Å². The van der Waals surface area contributed by atoms with E-state index in [4.69, 9.17) is 0 Å². The minimum Gasteiger partial charge on any atom is -0.369 e. The largest absolute Gasteiger partial charge is 0.369 e. The molecule has 0 unspecified atom stereocenters. The maximum Gasteiger partial charge on any atom is 0.0633 e. The van der Waals surface area contributed by atoms with Crippen molar-refractivity contribution in [3.63, 3.8) is 0 Å². The van der Waals surface area contributed by atoms with Crippen LogP contribution in [0.1, 0.15) is 6.42 Å². The van der Waals surface area contributed by atoms with Gasteiger partial charge in [-0.1, -0.05) is 6.58 Å². The summed E-state index contributed by atoms with van der Waals surface area (Å²) in [5, 5.41) is 0. The summed E-state index contributed by atoms with van der Waals surface area (Å²) >= 11 is 1.98. The summed E-state index contributed by atoms with van der Waals surface area (Å²) in [6.45, 7) is 4.90. The van der Waals surface area contributed by atoms with Crippen molar-refractivity contribution in [2.75, 3.05) is 18.2 Å². The summed E-state index contributed by atoms with van der Waals surface area (Å²) in [5.41, 5.74) is 0. The number of hydrogen-bond donors (Lipinski definition) is 0. The van der Waals surface area contributed by atoms with E-state index >= 15 is 0 Å². The van der Waals surface area contributed by atoms with Crippen LogP contribution in [-0.4, -0.2) is 23.1 Å².